The Labute approximate surface area is 92.6 Å². The van der Waals surface area contributed by atoms with Crippen molar-refractivity contribution in [3.8, 4) is 0 Å². The van der Waals surface area contributed by atoms with Crippen LogP contribution in [0.15, 0.2) is 0 Å². The summed E-state index contributed by atoms with van der Waals surface area (Å²) >= 11 is 0. The van der Waals surface area contributed by atoms with Crippen molar-refractivity contribution in [3.05, 3.63) is 0 Å². The van der Waals surface area contributed by atoms with Gasteiger partial charge in [-0.1, -0.05) is 6.92 Å². The fourth-order valence-corrected chi connectivity index (χ4v) is 2.01. The largest absolute Gasteiger partial charge is 0.349 e. The van der Waals surface area contributed by atoms with Crippen molar-refractivity contribution in [1.29, 1.82) is 0 Å². The summed E-state index contributed by atoms with van der Waals surface area (Å²) in [4.78, 5) is 15.5. The molecule has 1 fully saturated rings. The zero-order valence-corrected chi connectivity index (χ0v) is 10.1. The van der Waals surface area contributed by atoms with Gasteiger partial charge in [0, 0.05) is 39.6 Å². The number of hydrogen-bond donors (Lipinski definition) is 1. The van der Waals surface area contributed by atoms with E-state index in [0.29, 0.717) is 12.5 Å². The molecule has 1 unspecified atom stereocenters. The van der Waals surface area contributed by atoms with Crippen molar-refractivity contribution >= 4 is 5.91 Å². The Morgan fingerprint density at radius 1 is 1.47 bits per heavy atom. The maximum atomic E-state index is 11.5. The Hall–Kier alpha value is -0.610. The van der Waals surface area contributed by atoms with Crippen molar-refractivity contribution in [2.45, 2.75) is 25.8 Å². The number of amides is 1. The molecule has 1 atom stereocenters. The summed E-state index contributed by atoms with van der Waals surface area (Å²) in [5, 5.41) is 3.36. The number of carbonyl (C=O) groups is 1. The zero-order valence-electron chi connectivity index (χ0n) is 10.1. The summed E-state index contributed by atoms with van der Waals surface area (Å²) < 4.78 is 0. The molecule has 0 bridgehead atoms. The first-order chi connectivity index (χ1) is 7.15. The third-order valence-electron chi connectivity index (χ3n) is 3.07. The van der Waals surface area contributed by atoms with E-state index in [0.717, 1.165) is 26.2 Å². The van der Waals surface area contributed by atoms with E-state index < -0.39 is 0 Å². The quantitative estimate of drug-likeness (QED) is 0.706. The number of carbonyl (C=O) groups excluding carboxylic acids is 1. The second kappa shape index (κ2) is 6.08. The molecule has 1 heterocycles. The summed E-state index contributed by atoms with van der Waals surface area (Å²) in [6.07, 6.45) is 1.85. The smallest absolute Gasteiger partial charge is 0.223 e. The van der Waals surface area contributed by atoms with Gasteiger partial charge in [0.25, 0.3) is 0 Å². The van der Waals surface area contributed by atoms with Gasteiger partial charge in [0.2, 0.25) is 5.91 Å². The molecule has 4 nitrogen and oxygen atoms in total. The van der Waals surface area contributed by atoms with Gasteiger partial charge in [0.15, 0.2) is 0 Å². The molecule has 1 rings (SSSR count). The third-order valence-corrected chi connectivity index (χ3v) is 3.07. The van der Waals surface area contributed by atoms with Crippen molar-refractivity contribution in [2.75, 3.05) is 40.3 Å². The molecule has 0 aromatic carbocycles. The van der Waals surface area contributed by atoms with Crippen LogP contribution in [-0.4, -0.2) is 62.0 Å². The fourth-order valence-electron chi connectivity index (χ4n) is 2.01. The molecular weight excluding hydrogens is 190 g/mol. The topological polar surface area (TPSA) is 35.6 Å². The Kier molecular flexibility index (Phi) is 5.05. The number of hydrogen-bond acceptors (Lipinski definition) is 3. The molecule has 1 saturated heterocycles. The lowest BCUT2D eigenvalue weighted by Gasteiger charge is -2.27. The summed E-state index contributed by atoms with van der Waals surface area (Å²) in [5.74, 6) is 0.222. The van der Waals surface area contributed by atoms with Crippen LogP contribution >= 0.6 is 0 Å². The molecule has 88 valence electrons. The van der Waals surface area contributed by atoms with E-state index in [1.54, 1.807) is 4.90 Å². The average molecular weight is 213 g/mol. The maximum Gasteiger partial charge on any atom is 0.223 e. The molecule has 1 N–H and O–H groups in total. The standard InChI is InChI=1S/C11H23N3O/c1-4-14(10-5-7-12-9-10)8-6-11(15)13(2)3/h10,12H,4-9H2,1-3H3. The van der Waals surface area contributed by atoms with Crippen LogP contribution in [0.4, 0.5) is 0 Å². The minimum absolute atomic E-state index is 0.222. The van der Waals surface area contributed by atoms with Gasteiger partial charge >= 0.3 is 0 Å². The van der Waals surface area contributed by atoms with Crippen molar-refractivity contribution in [2.24, 2.45) is 0 Å². The molecule has 1 aliphatic rings. The molecular formula is C11H23N3O. The minimum Gasteiger partial charge on any atom is -0.349 e. The molecule has 0 aliphatic carbocycles. The molecule has 4 heteroatoms. The fraction of sp³-hybridized carbons (Fsp3) is 0.909. The van der Waals surface area contributed by atoms with Crippen molar-refractivity contribution < 1.29 is 4.79 Å². The molecule has 0 aromatic rings. The molecule has 0 radical (unpaired) electrons. The minimum atomic E-state index is 0.222. The number of nitrogens with one attached hydrogen (secondary N) is 1. The van der Waals surface area contributed by atoms with E-state index in [1.165, 1.54) is 6.42 Å². The van der Waals surface area contributed by atoms with Crippen LogP contribution in [0.5, 0.6) is 0 Å². The lowest BCUT2D eigenvalue weighted by molar-refractivity contribution is -0.129. The van der Waals surface area contributed by atoms with Gasteiger partial charge in [-0.3, -0.25) is 9.69 Å². The zero-order chi connectivity index (χ0) is 11.3. The van der Waals surface area contributed by atoms with Crippen LogP contribution in [0.25, 0.3) is 0 Å². The molecule has 0 spiro atoms. The summed E-state index contributed by atoms with van der Waals surface area (Å²) in [7, 11) is 3.63. The molecule has 0 saturated carbocycles. The second-order valence-corrected chi connectivity index (χ2v) is 4.31. The van der Waals surface area contributed by atoms with Gasteiger partial charge in [0.05, 0.1) is 0 Å². The van der Waals surface area contributed by atoms with Gasteiger partial charge in [-0.15, -0.1) is 0 Å². The van der Waals surface area contributed by atoms with Crippen LogP contribution in [0.2, 0.25) is 0 Å². The highest BCUT2D eigenvalue weighted by Gasteiger charge is 2.21. The summed E-state index contributed by atoms with van der Waals surface area (Å²) in [5.41, 5.74) is 0. The maximum absolute atomic E-state index is 11.5. The van der Waals surface area contributed by atoms with E-state index in [-0.39, 0.29) is 5.91 Å². The van der Waals surface area contributed by atoms with Gasteiger partial charge in [-0.25, -0.2) is 0 Å². The predicted molar refractivity (Wildman–Crippen MR) is 61.8 cm³/mol. The summed E-state index contributed by atoms with van der Waals surface area (Å²) in [6.45, 7) is 6.28. The molecule has 0 aromatic heterocycles. The molecule has 1 aliphatic heterocycles. The first-order valence-corrected chi connectivity index (χ1v) is 5.80. The Bertz CT molecular complexity index is 200. The van der Waals surface area contributed by atoms with Gasteiger partial charge in [-0.05, 0) is 19.5 Å². The first-order valence-electron chi connectivity index (χ1n) is 5.80. The normalized spacial score (nSPS) is 20.9. The highest BCUT2D eigenvalue weighted by atomic mass is 16.2. The average Bonchev–Trinajstić information content (AvgIpc) is 2.71. The van der Waals surface area contributed by atoms with Crippen molar-refractivity contribution in [1.82, 2.24) is 15.1 Å². The van der Waals surface area contributed by atoms with Gasteiger partial charge in [0.1, 0.15) is 0 Å². The van der Waals surface area contributed by atoms with E-state index in [4.69, 9.17) is 0 Å². The van der Waals surface area contributed by atoms with Crippen LogP contribution < -0.4 is 5.32 Å². The highest BCUT2D eigenvalue weighted by Crippen LogP contribution is 2.08. The Balaban J connectivity index is 2.30. The van der Waals surface area contributed by atoms with Crippen LogP contribution in [0.3, 0.4) is 0 Å². The third kappa shape index (κ3) is 3.80. The number of nitrogens with zero attached hydrogens (tertiary/aromatic N) is 2. The van der Waals surface area contributed by atoms with E-state index in [9.17, 15) is 4.79 Å². The van der Waals surface area contributed by atoms with Crippen LogP contribution in [-0.2, 0) is 4.79 Å². The SMILES string of the molecule is CCN(CCC(=O)N(C)C)C1CCNC1. The monoisotopic (exact) mass is 213 g/mol. The van der Waals surface area contributed by atoms with E-state index in [2.05, 4.69) is 17.1 Å². The Morgan fingerprint density at radius 3 is 2.67 bits per heavy atom. The molecule has 1 amide bonds. The first kappa shape index (κ1) is 12.5. The lowest BCUT2D eigenvalue weighted by atomic mass is 10.2. The van der Waals surface area contributed by atoms with Crippen molar-refractivity contribution in [3.63, 3.8) is 0 Å². The highest BCUT2D eigenvalue weighted by molar-refractivity contribution is 5.75. The predicted octanol–water partition coefficient (Wildman–Crippen LogP) is 0.149. The number of rotatable bonds is 5. The Morgan fingerprint density at radius 2 is 2.20 bits per heavy atom. The lowest BCUT2D eigenvalue weighted by Crippen LogP contribution is -2.39. The van der Waals surface area contributed by atoms with E-state index >= 15 is 0 Å². The second-order valence-electron chi connectivity index (χ2n) is 4.31. The van der Waals surface area contributed by atoms with Crippen LogP contribution in [0.1, 0.15) is 19.8 Å². The molecule has 15 heavy (non-hydrogen) atoms. The van der Waals surface area contributed by atoms with Crippen LogP contribution in [0, 0.1) is 0 Å². The number of likely N-dealkylation sites (N-methyl/N-ethyl adjacent to an activating group) is 1. The van der Waals surface area contributed by atoms with E-state index in [1.807, 2.05) is 14.1 Å². The van der Waals surface area contributed by atoms with Gasteiger partial charge < -0.3 is 10.2 Å². The van der Waals surface area contributed by atoms with Gasteiger partial charge in [-0.2, -0.15) is 0 Å². The summed E-state index contributed by atoms with van der Waals surface area (Å²) in [6, 6.07) is 0.630.